The zero-order chi connectivity index (χ0) is 11.4. The highest BCUT2D eigenvalue weighted by Crippen LogP contribution is 2.07. The maximum Gasteiger partial charge on any atom is 0.307 e. The van der Waals surface area contributed by atoms with Crippen LogP contribution in [0, 0.1) is 0 Å². The van der Waals surface area contributed by atoms with E-state index in [0.29, 0.717) is 6.54 Å². The van der Waals surface area contributed by atoms with Crippen LogP contribution in [0.1, 0.15) is 12.5 Å². The molecule has 2 heterocycles. The van der Waals surface area contributed by atoms with Gasteiger partial charge in [0.15, 0.2) is 0 Å². The summed E-state index contributed by atoms with van der Waals surface area (Å²) in [5, 5.41) is 4.95. The fraction of sp³-hybridized carbons (Fsp3) is 0.273. The Kier molecular flexibility index (Phi) is 3.36. The Morgan fingerprint density at radius 2 is 2.44 bits per heavy atom. The molecule has 0 aliphatic carbocycles. The third-order valence-corrected chi connectivity index (χ3v) is 2.87. The molecule has 0 unspecified atom stereocenters. The molecule has 0 amide bonds. The molecule has 16 heavy (non-hydrogen) atoms. The summed E-state index contributed by atoms with van der Waals surface area (Å²) >= 11 is 1.21. The summed E-state index contributed by atoms with van der Waals surface area (Å²) in [4.78, 5) is 15.6. The number of rotatable bonds is 4. The highest BCUT2D eigenvalue weighted by atomic mass is 32.1. The lowest BCUT2D eigenvalue weighted by Gasteiger charge is -2.05. The Bertz CT molecular complexity index is 518. The second kappa shape index (κ2) is 4.94. The van der Waals surface area contributed by atoms with E-state index in [9.17, 15) is 4.79 Å². The van der Waals surface area contributed by atoms with Crippen LogP contribution in [-0.4, -0.2) is 16.1 Å². The van der Waals surface area contributed by atoms with Crippen molar-refractivity contribution in [3.8, 4) is 0 Å². The Hall–Kier alpha value is -1.62. The molecule has 2 aromatic heterocycles. The van der Waals surface area contributed by atoms with Crippen LogP contribution in [0.5, 0.6) is 0 Å². The quantitative estimate of drug-likeness (QED) is 0.878. The summed E-state index contributed by atoms with van der Waals surface area (Å²) in [6.45, 7) is 3.47. The van der Waals surface area contributed by atoms with Gasteiger partial charge in [0.1, 0.15) is 5.82 Å². The van der Waals surface area contributed by atoms with Gasteiger partial charge >= 0.3 is 4.87 Å². The first-order valence-corrected chi connectivity index (χ1v) is 6.00. The highest BCUT2D eigenvalue weighted by molar-refractivity contribution is 7.07. The molecule has 2 rings (SSSR count). The van der Waals surface area contributed by atoms with Gasteiger partial charge in [-0.3, -0.25) is 4.79 Å². The van der Waals surface area contributed by atoms with Gasteiger partial charge < -0.3 is 9.88 Å². The van der Waals surface area contributed by atoms with E-state index in [1.165, 1.54) is 11.3 Å². The van der Waals surface area contributed by atoms with Crippen LogP contribution in [0.2, 0.25) is 0 Å². The minimum Gasteiger partial charge on any atom is -0.370 e. The molecule has 0 radical (unpaired) electrons. The van der Waals surface area contributed by atoms with Crippen molar-refractivity contribution >= 4 is 17.2 Å². The van der Waals surface area contributed by atoms with Crippen LogP contribution in [-0.2, 0) is 6.54 Å². The minimum atomic E-state index is 0.0711. The molecular weight excluding hydrogens is 222 g/mol. The molecule has 84 valence electrons. The molecule has 0 aliphatic heterocycles. The third-order valence-electron chi connectivity index (χ3n) is 2.18. The first-order chi connectivity index (χ1) is 7.79. The van der Waals surface area contributed by atoms with Gasteiger partial charge in [0, 0.05) is 24.3 Å². The standard InChI is InChI=1S/C11H13N3OS/c1-2-12-10-7-9(3-4-13-10)8-14-5-6-16-11(14)15/h3-7H,2,8H2,1H3,(H,12,13). The average molecular weight is 235 g/mol. The van der Waals surface area contributed by atoms with Crippen molar-refractivity contribution in [3.05, 3.63) is 45.1 Å². The van der Waals surface area contributed by atoms with Gasteiger partial charge in [-0.1, -0.05) is 11.3 Å². The van der Waals surface area contributed by atoms with E-state index in [0.717, 1.165) is 17.9 Å². The lowest BCUT2D eigenvalue weighted by atomic mass is 10.2. The molecule has 0 saturated heterocycles. The van der Waals surface area contributed by atoms with Gasteiger partial charge in [-0.2, -0.15) is 0 Å². The van der Waals surface area contributed by atoms with Gasteiger partial charge in [0.25, 0.3) is 0 Å². The van der Waals surface area contributed by atoms with E-state index in [4.69, 9.17) is 0 Å². The first kappa shape index (κ1) is 10.9. The van der Waals surface area contributed by atoms with E-state index >= 15 is 0 Å². The number of nitrogens with one attached hydrogen (secondary N) is 1. The van der Waals surface area contributed by atoms with E-state index in [-0.39, 0.29) is 4.87 Å². The fourth-order valence-electron chi connectivity index (χ4n) is 1.46. The maximum atomic E-state index is 11.4. The predicted molar refractivity (Wildman–Crippen MR) is 66.1 cm³/mol. The molecule has 0 fully saturated rings. The van der Waals surface area contributed by atoms with Crippen molar-refractivity contribution in [3.63, 3.8) is 0 Å². The molecular formula is C11H13N3OS. The van der Waals surface area contributed by atoms with Crippen molar-refractivity contribution < 1.29 is 0 Å². The number of pyridine rings is 1. The van der Waals surface area contributed by atoms with Crippen molar-refractivity contribution in [1.29, 1.82) is 0 Å². The monoisotopic (exact) mass is 235 g/mol. The highest BCUT2D eigenvalue weighted by Gasteiger charge is 2.00. The Labute approximate surface area is 97.6 Å². The maximum absolute atomic E-state index is 11.4. The zero-order valence-electron chi connectivity index (χ0n) is 9.01. The first-order valence-electron chi connectivity index (χ1n) is 5.12. The summed E-state index contributed by atoms with van der Waals surface area (Å²) in [6.07, 6.45) is 3.56. The van der Waals surface area contributed by atoms with E-state index in [1.54, 1.807) is 22.3 Å². The van der Waals surface area contributed by atoms with Crippen LogP contribution in [0.4, 0.5) is 5.82 Å². The average Bonchev–Trinajstić information content (AvgIpc) is 2.66. The van der Waals surface area contributed by atoms with Gasteiger partial charge in [0.2, 0.25) is 0 Å². The van der Waals surface area contributed by atoms with Gasteiger partial charge in [-0.05, 0) is 24.6 Å². The van der Waals surface area contributed by atoms with E-state index in [1.807, 2.05) is 19.1 Å². The molecule has 0 atom stereocenters. The van der Waals surface area contributed by atoms with Crippen LogP contribution in [0.3, 0.4) is 0 Å². The Morgan fingerprint density at radius 1 is 1.56 bits per heavy atom. The molecule has 0 bridgehead atoms. The van der Waals surface area contributed by atoms with Crippen molar-refractivity contribution in [2.75, 3.05) is 11.9 Å². The van der Waals surface area contributed by atoms with Gasteiger partial charge in [-0.25, -0.2) is 4.98 Å². The predicted octanol–water partition coefficient (Wildman–Crippen LogP) is 1.78. The van der Waals surface area contributed by atoms with E-state index in [2.05, 4.69) is 10.3 Å². The molecule has 4 nitrogen and oxygen atoms in total. The number of hydrogen-bond acceptors (Lipinski definition) is 4. The van der Waals surface area contributed by atoms with Gasteiger partial charge in [0.05, 0.1) is 6.54 Å². The van der Waals surface area contributed by atoms with Crippen LogP contribution >= 0.6 is 11.3 Å². The molecule has 1 N–H and O–H groups in total. The topological polar surface area (TPSA) is 46.9 Å². The molecule has 0 saturated carbocycles. The fourth-order valence-corrected chi connectivity index (χ4v) is 2.04. The SMILES string of the molecule is CCNc1cc(Cn2ccsc2=O)ccn1. The number of anilines is 1. The normalized spacial score (nSPS) is 10.3. The molecule has 5 heteroatoms. The second-order valence-electron chi connectivity index (χ2n) is 3.38. The van der Waals surface area contributed by atoms with Crippen molar-refractivity contribution in [2.45, 2.75) is 13.5 Å². The molecule has 2 aromatic rings. The summed E-state index contributed by atoms with van der Waals surface area (Å²) in [5.41, 5.74) is 1.08. The summed E-state index contributed by atoms with van der Waals surface area (Å²) in [5.74, 6) is 0.850. The van der Waals surface area contributed by atoms with Crippen LogP contribution in [0.15, 0.2) is 34.7 Å². The summed E-state index contributed by atoms with van der Waals surface area (Å²) < 4.78 is 1.69. The van der Waals surface area contributed by atoms with Crippen molar-refractivity contribution in [1.82, 2.24) is 9.55 Å². The number of aromatic nitrogens is 2. The number of thiazole rings is 1. The lowest BCUT2D eigenvalue weighted by Crippen LogP contribution is -2.12. The molecule has 0 aromatic carbocycles. The Balaban J connectivity index is 2.18. The summed E-state index contributed by atoms with van der Waals surface area (Å²) in [6, 6.07) is 3.89. The smallest absolute Gasteiger partial charge is 0.307 e. The third kappa shape index (κ3) is 2.49. The largest absolute Gasteiger partial charge is 0.370 e. The lowest BCUT2D eigenvalue weighted by molar-refractivity contribution is 0.783. The second-order valence-corrected chi connectivity index (χ2v) is 4.23. The van der Waals surface area contributed by atoms with Crippen LogP contribution in [0.25, 0.3) is 0 Å². The Morgan fingerprint density at radius 3 is 3.12 bits per heavy atom. The molecule has 0 spiro atoms. The van der Waals surface area contributed by atoms with Crippen LogP contribution < -0.4 is 10.2 Å². The molecule has 0 aliphatic rings. The van der Waals surface area contributed by atoms with Gasteiger partial charge in [-0.15, -0.1) is 0 Å². The number of nitrogens with zero attached hydrogens (tertiary/aromatic N) is 2. The summed E-state index contributed by atoms with van der Waals surface area (Å²) in [7, 11) is 0. The van der Waals surface area contributed by atoms with E-state index < -0.39 is 0 Å². The van der Waals surface area contributed by atoms with Crippen molar-refractivity contribution in [2.24, 2.45) is 0 Å². The minimum absolute atomic E-state index is 0.0711. The zero-order valence-corrected chi connectivity index (χ0v) is 9.83. The number of hydrogen-bond donors (Lipinski definition) is 1.